The van der Waals surface area contributed by atoms with Crippen molar-refractivity contribution < 1.29 is 22.7 Å². The molecule has 1 aromatic rings. The third-order valence-electron chi connectivity index (χ3n) is 2.03. The van der Waals surface area contributed by atoms with Gasteiger partial charge in [-0.05, 0) is 32.9 Å². The molecule has 0 radical (unpaired) electrons. The molecule has 1 aromatic heterocycles. The first-order chi connectivity index (χ1) is 8.99. The van der Waals surface area contributed by atoms with Crippen molar-refractivity contribution in [1.29, 1.82) is 0 Å². The number of alkyl carbamates (subject to hydrolysis) is 1. The minimum absolute atomic E-state index is 0.322. The number of ether oxygens (including phenoxy) is 1. The van der Waals surface area contributed by atoms with Crippen molar-refractivity contribution in [2.75, 3.05) is 0 Å². The van der Waals surface area contributed by atoms with Gasteiger partial charge in [0, 0.05) is 10.7 Å². The van der Waals surface area contributed by atoms with Crippen LogP contribution in [0.1, 0.15) is 32.5 Å². The predicted octanol–water partition coefficient (Wildman–Crippen LogP) is 3.97. The molecule has 0 spiro atoms. The van der Waals surface area contributed by atoms with Crippen LogP contribution >= 0.6 is 15.9 Å². The Hall–Kier alpha value is -1.31. The number of hydrogen-bond donors (Lipinski definition) is 1. The van der Waals surface area contributed by atoms with Crippen molar-refractivity contribution in [3.8, 4) is 0 Å². The summed E-state index contributed by atoms with van der Waals surface area (Å²) < 4.78 is 44.3. The molecule has 4 nitrogen and oxygen atoms in total. The molecule has 1 atom stereocenters. The molecule has 0 saturated carbocycles. The Morgan fingerprint density at radius 1 is 1.40 bits per heavy atom. The minimum atomic E-state index is -4.68. The van der Waals surface area contributed by atoms with E-state index in [0.717, 1.165) is 0 Å². The Kier molecular flexibility index (Phi) is 5.01. The number of carbonyl (C=O) groups is 1. The van der Waals surface area contributed by atoms with E-state index < -0.39 is 23.9 Å². The number of aromatic nitrogens is 1. The van der Waals surface area contributed by atoms with Gasteiger partial charge in [0.2, 0.25) is 0 Å². The molecule has 8 heteroatoms. The SMILES string of the molecule is CC(C)(C)OC(=O)N[C@@H](c1cc(Br)ccn1)C(F)(F)F. The first-order valence-electron chi connectivity index (χ1n) is 5.67. The number of pyridine rings is 1. The lowest BCUT2D eigenvalue weighted by Gasteiger charge is -2.24. The fourth-order valence-electron chi connectivity index (χ4n) is 1.33. The summed E-state index contributed by atoms with van der Waals surface area (Å²) >= 11 is 3.06. The van der Waals surface area contributed by atoms with Gasteiger partial charge in [-0.2, -0.15) is 13.2 Å². The normalized spacial score (nSPS) is 13.8. The number of rotatable bonds is 2. The number of nitrogens with one attached hydrogen (secondary N) is 1. The van der Waals surface area contributed by atoms with E-state index in [1.54, 1.807) is 26.1 Å². The van der Waals surface area contributed by atoms with Gasteiger partial charge in [-0.3, -0.25) is 4.98 Å². The van der Waals surface area contributed by atoms with Gasteiger partial charge in [-0.1, -0.05) is 15.9 Å². The maximum Gasteiger partial charge on any atom is 0.414 e. The summed E-state index contributed by atoms with van der Waals surface area (Å²) in [4.78, 5) is 15.1. The fraction of sp³-hybridized carbons (Fsp3) is 0.500. The van der Waals surface area contributed by atoms with E-state index in [2.05, 4.69) is 20.9 Å². The number of nitrogens with zero attached hydrogens (tertiary/aromatic N) is 1. The molecule has 1 N–H and O–H groups in total. The first kappa shape index (κ1) is 16.7. The Bertz CT molecular complexity index is 486. The smallest absolute Gasteiger partial charge is 0.414 e. The average molecular weight is 355 g/mol. The van der Waals surface area contributed by atoms with Gasteiger partial charge in [0.25, 0.3) is 0 Å². The number of alkyl halides is 3. The van der Waals surface area contributed by atoms with Crippen molar-refractivity contribution >= 4 is 22.0 Å². The Balaban J connectivity index is 2.95. The molecule has 1 rings (SSSR count). The molecule has 20 heavy (non-hydrogen) atoms. The zero-order valence-electron chi connectivity index (χ0n) is 11.1. The van der Waals surface area contributed by atoms with Gasteiger partial charge >= 0.3 is 12.3 Å². The fourth-order valence-corrected chi connectivity index (χ4v) is 1.68. The zero-order valence-corrected chi connectivity index (χ0v) is 12.7. The molecule has 1 heterocycles. The Labute approximate surface area is 122 Å². The molecule has 0 saturated heterocycles. The number of carbonyl (C=O) groups excluding carboxylic acids is 1. The molecule has 0 unspecified atom stereocenters. The van der Waals surface area contributed by atoms with Gasteiger partial charge in [0.05, 0.1) is 5.69 Å². The first-order valence-corrected chi connectivity index (χ1v) is 6.46. The van der Waals surface area contributed by atoms with Crippen molar-refractivity contribution in [3.05, 3.63) is 28.5 Å². The van der Waals surface area contributed by atoms with E-state index in [0.29, 0.717) is 4.47 Å². The van der Waals surface area contributed by atoms with E-state index in [1.807, 2.05) is 0 Å². The van der Waals surface area contributed by atoms with Crippen LogP contribution in [0.5, 0.6) is 0 Å². The van der Waals surface area contributed by atoms with Crippen LogP contribution in [0.2, 0.25) is 0 Å². The number of halogens is 4. The van der Waals surface area contributed by atoms with E-state index >= 15 is 0 Å². The van der Waals surface area contributed by atoms with Gasteiger partial charge < -0.3 is 10.1 Å². The lowest BCUT2D eigenvalue weighted by molar-refractivity contribution is -0.157. The van der Waals surface area contributed by atoms with Crippen LogP contribution < -0.4 is 5.32 Å². The second-order valence-electron chi connectivity index (χ2n) is 5.02. The average Bonchev–Trinajstić information content (AvgIpc) is 2.21. The van der Waals surface area contributed by atoms with Crippen molar-refractivity contribution in [3.63, 3.8) is 0 Å². The monoisotopic (exact) mass is 354 g/mol. The van der Waals surface area contributed by atoms with Crippen LogP contribution in [0.3, 0.4) is 0 Å². The molecule has 0 aliphatic heterocycles. The summed E-state index contributed by atoms with van der Waals surface area (Å²) in [5, 5.41) is 1.79. The summed E-state index contributed by atoms with van der Waals surface area (Å²) in [6.07, 6.45) is -4.61. The van der Waals surface area contributed by atoms with Crippen molar-refractivity contribution in [1.82, 2.24) is 10.3 Å². The second kappa shape index (κ2) is 5.99. The summed E-state index contributed by atoms with van der Waals surface area (Å²) in [5.41, 5.74) is -1.21. The highest BCUT2D eigenvalue weighted by Crippen LogP contribution is 2.32. The van der Waals surface area contributed by atoms with Gasteiger partial charge in [-0.15, -0.1) is 0 Å². The highest BCUT2D eigenvalue weighted by molar-refractivity contribution is 9.10. The van der Waals surface area contributed by atoms with E-state index in [4.69, 9.17) is 4.74 Å². The summed E-state index contributed by atoms with van der Waals surface area (Å²) in [6.45, 7) is 4.69. The maximum atomic E-state index is 13.0. The van der Waals surface area contributed by atoms with Crippen LogP contribution in [0.4, 0.5) is 18.0 Å². The topological polar surface area (TPSA) is 51.2 Å². The van der Waals surface area contributed by atoms with Crippen LogP contribution in [0.15, 0.2) is 22.8 Å². The molecular formula is C12H14BrF3N2O2. The zero-order chi connectivity index (χ0) is 15.6. The highest BCUT2D eigenvalue weighted by atomic mass is 79.9. The van der Waals surface area contributed by atoms with E-state index in [-0.39, 0.29) is 5.69 Å². The lowest BCUT2D eigenvalue weighted by Crippen LogP contribution is -2.41. The minimum Gasteiger partial charge on any atom is -0.444 e. The van der Waals surface area contributed by atoms with Gasteiger partial charge in [0.1, 0.15) is 5.60 Å². The highest BCUT2D eigenvalue weighted by Gasteiger charge is 2.43. The summed E-state index contributed by atoms with van der Waals surface area (Å²) in [5.74, 6) is 0. The summed E-state index contributed by atoms with van der Waals surface area (Å²) in [6, 6.07) is 0.454. The number of hydrogen-bond acceptors (Lipinski definition) is 3. The standard InChI is InChI=1S/C12H14BrF3N2O2/c1-11(2,3)20-10(19)18-9(12(14,15)16)8-6-7(13)4-5-17-8/h4-6,9H,1-3H3,(H,18,19)/t9-/m0/s1. The van der Waals surface area contributed by atoms with Crippen LogP contribution in [0.25, 0.3) is 0 Å². The summed E-state index contributed by atoms with van der Waals surface area (Å²) in [7, 11) is 0. The molecular weight excluding hydrogens is 341 g/mol. The molecule has 112 valence electrons. The van der Waals surface area contributed by atoms with Gasteiger partial charge in [0.15, 0.2) is 6.04 Å². The third kappa shape index (κ3) is 5.36. The Morgan fingerprint density at radius 3 is 2.45 bits per heavy atom. The third-order valence-corrected chi connectivity index (χ3v) is 2.52. The van der Waals surface area contributed by atoms with Gasteiger partial charge in [-0.25, -0.2) is 4.79 Å². The largest absolute Gasteiger partial charge is 0.444 e. The second-order valence-corrected chi connectivity index (χ2v) is 5.94. The van der Waals surface area contributed by atoms with Crippen molar-refractivity contribution in [2.45, 2.75) is 38.6 Å². The van der Waals surface area contributed by atoms with E-state index in [1.165, 1.54) is 18.3 Å². The maximum absolute atomic E-state index is 13.0. The number of amides is 1. The molecule has 0 aromatic carbocycles. The predicted molar refractivity (Wildman–Crippen MR) is 70.1 cm³/mol. The Morgan fingerprint density at radius 2 is 2.00 bits per heavy atom. The van der Waals surface area contributed by atoms with Crippen molar-refractivity contribution in [2.24, 2.45) is 0 Å². The molecule has 0 aliphatic carbocycles. The quantitative estimate of drug-likeness (QED) is 0.873. The molecule has 0 bridgehead atoms. The molecule has 0 aliphatic rings. The van der Waals surface area contributed by atoms with Crippen LogP contribution in [0, 0.1) is 0 Å². The van der Waals surface area contributed by atoms with Crippen LogP contribution in [-0.4, -0.2) is 22.9 Å². The van der Waals surface area contributed by atoms with E-state index in [9.17, 15) is 18.0 Å². The molecule has 0 fully saturated rings. The molecule has 1 amide bonds. The lowest BCUT2D eigenvalue weighted by atomic mass is 10.2. The van der Waals surface area contributed by atoms with Crippen LogP contribution in [-0.2, 0) is 4.74 Å².